The fourth-order valence-corrected chi connectivity index (χ4v) is 1.34. The molecule has 2 rings (SSSR count). The third kappa shape index (κ3) is 3.10. The number of carbonyl (C=O) groups excluding carboxylic acids is 2. The third-order valence-electron chi connectivity index (χ3n) is 2.20. The van der Waals surface area contributed by atoms with Gasteiger partial charge >= 0.3 is 0 Å². The number of tetrazole rings is 1. The lowest BCUT2D eigenvalue weighted by atomic mass is 10.2. The summed E-state index contributed by atoms with van der Waals surface area (Å²) in [5.74, 6) is -3.83. The van der Waals surface area contributed by atoms with E-state index in [-0.39, 0.29) is 6.54 Å². The molecule has 2 aromatic rings. The van der Waals surface area contributed by atoms with Crippen LogP contribution in [0.15, 0.2) is 24.5 Å². The normalized spacial score (nSPS) is 10.1. The van der Waals surface area contributed by atoms with Gasteiger partial charge in [0.25, 0.3) is 11.8 Å². The maximum absolute atomic E-state index is 13.3. The molecule has 0 fully saturated rings. The van der Waals surface area contributed by atoms with E-state index < -0.39 is 29.0 Å². The highest BCUT2D eigenvalue weighted by atomic mass is 19.1. The zero-order chi connectivity index (χ0) is 14.5. The monoisotopic (exact) mass is 282 g/mol. The number of benzene rings is 1. The van der Waals surface area contributed by atoms with Gasteiger partial charge in [-0.2, -0.15) is 0 Å². The Morgan fingerprint density at radius 3 is 2.50 bits per heavy atom. The van der Waals surface area contributed by atoms with Crippen molar-refractivity contribution in [1.82, 2.24) is 31.1 Å². The van der Waals surface area contributed by atoms with Gasteiger partial charge in [-0.15, -0.1) is 5.10 Å². The molecule has 0 aliphatic heterocycles. The Hall–Kier alpha value is -2.91. The van der Waals surface area contributed by atoms with Gasteiger partial charge in [0.1, 0.15) is 30.1 Å². The van der Waals surface area contributed by atoms with Gasteiger partial charge in [-0.05, 0) is 22.6 Å². The number of carbonyl (C=O) groups is 2. The van der Waals surface area contributed by atoms with Crippen molar-refractivity contribution in [3.63, 3.8) is 0 Å². The summed E-state index contributed by atoms with van der Waals surface area (Å²) in [6, 6.07) is 2.99. The van der Waals surface area contributed by atoms with Crippen LogP contribution in [0.4, 0.5) is 8.78 Å². The van der Waals surface area contributed by atoms with E-state index >= 15 is 0 Å². The molecule has 1 aromatic carbocycles. The molecule has 0 aliphatic rings. The largest absolute Gasteiger partial charge is 0.275 e. The molecule has 0 saturated heterocycles. The molecular weight excluding hydrogens is 274 g/mol. The zero-order valence-electron chi connectivity index (χ0n) is 9.88. The molecule has 2 N–H and O–H groups in total. The van der Waals surface area contributed by atoms with Crippen LogP contribution in [0.25, 0.3) is 0 Å². The first kappa shape index (κ1) is 13.5. The summed E-state index contributed by atoms with van der Waals surface area (Å²) < 4.78 is 27.7. The Bertz CT molecular complexity index is 610. The van der Waals surface area contributed by atoms with Crippen molar-refractivity contribution in [3.8, 4) is 0 Å². The SMILES string of the molecule is O=C(Cn1cnnn1)NNC(=O)c1c(F)cccc1F. The molecule has 0 atom stereocenters. The van der Waals surface area contributed by atoms with E-state index in [0.29, 0.717) is 0 Å². The van der Waals surface area contributed by atoms with E-state index in [1.54, 1.807) is 0 Å². The molecule has 1 aromatic heterocycles. The maximum Gasteiger partial charge on any atom is 0.275 e. The minimum absolute atomic E-state index is 0.257. The molecule has 20 heavy (non-hydrogen) atoms. The maximum atomic E-state index is 13.3. The highest BCUT2D eigenvalue weighted by Gasteiger charge is 2.17. The van der Waals surface area contributed by atoms with Gasteiger partial charge in [0, 0.05) is 0 Å². The molecule has 0 saturated carbocycles. The van der Waals surface area contributed by atoms with Crippen LogP contribution in [0.1, 0.15) is 10.4 Å². The molecule has 2 amide bonds. The second-order valence-electron chi connectivity index (χ2n) is 3.61. The minimum atomic E-state index is -1.11. The molecule has 8 nitrogen and oxygen atoms in total. The smallest absolute Gasteiger partial charge is 0.271 e. The number of rotatable bonds is 3. The van der Waals surface area contributed by atoms with E-state index in [2.05, 4.69) is 15.5 Å². The Kier molecular flexibility index (Phi) is 3.93. The quantitative estimate of drug-likeness (QED) is 0.733. The van der Waals surface area contributed by atoms with E-state index in [1.165, 1.54) is 6.33 Å². The summed E-state index contributed by atoms with van der Waals surface area (Å²) in [6.45, 7) is -0.257. The number of halogens is 2. The van der Waals surface area contributed by atoms with Crippen molar-refractivity contribution in [2.45, 2.75) is 6.54 Å². The standard InChI is InChI=1S/C10H8F2N6O2/c11-6-2-1-3-7(12)9(6)10(20)15-14-8(19)4-18-5-13-16-17-18/h1-3,5H,4H2,(H,14,19)(H,15,20). The molecule has 0 spiro atoms. The topological polar surface area (TPSA) is 102 Å². The molecule has 104 valence electrons. The zero-order valence-corrected chi connectivity index (χ0v) is 9.88. The highest BCUT2D eigenvalue weighted by Crippen LogP contribution is 2.11. The van der Waals surface area contributed by atoms with Crippen LogP contribution in [0.3, 0.4) is 0 Å². The summed E-state index contributed by atoms with van der Waals surface area (Å²) in [5, 5.41) is 10.0. The van der Waals surface area contributed by atoms with E-state index in [4.69, 9.17) is 0 Å². The summed E-state index contributed by atoms with van der Waals surface area (Å²) in [4.78, 5) is 22.9. The fraction of sp³-hybridized carbons (Fsp3) is 0.100. The van der Waals surface area contributed by atoms with Crippen molar-refractivity contribution in [2.75, 3.05) is 0 Å². The number of amides is 2. The summed E-state index contributed by atoms with van der Waals surface area (Å²) in [7, 11) is 0. The summed E-state index contributed by atoms with van der Waals surface area (Å²) in [5.41, 5.74) is 3.10. The lowest BCUT2D eigenvalue weighted by Crippen LogP contribution is -2.43. The first-order chi connectivity index (χ1) is 9.58. The molecular formula is C10H8F2N6O2. The minimum Gasteiger partial charge on any atom is -0.271 e. The van der Waals surface area contributed by atoms with Gasteiger partial charge in [-0.3, -0.25) is 20.4 Å². The van der Waals surface area contributed by atoms with Crippen LogP contribution in [0.5, 0.6) is 0 Å². The molecule has 10 heteroatoms. The van der Waals surface area contributed by atoms with Crippen LogP contribution in [-0.2, 0) is 11.3 Å². The number of hydrogen-bond donors (Lipinski definition) is 2. The Labute approximate surface area is 110 Å². The third-order valence-corrected chi connectivity index (χ3v) is 2.20. The second-order valence-corrected chi connectivity index (χ2v) is 3.61. The van der Waals surface area contributed by atoms with Crippen LogP contribution in [0, 0.1) is 11.6 Å². The van der Waals surface area contributed by atoms with E-state index in [0.717, 1.165) is 22.9 Å². The predicted molar refractivity (Wildman–Crippen MR) is 59.8 cm³/mol. The Morgan fingerprint density at radius 2 is 1.90 bits per heavy atom. The van der Waals surface area contributed by atoms with Crippen molar-refractivity contribution in [2.24, 2.45) is 0 Å². The van der Waals surface area contributed by atoms with Gasteiger partial charge in [0.2, 0.25) is 0 Å². The molecule has 0 aliphatic carbocycles. The molecule has 1 heterocycles. The first-order valence-electron chi connectivity index (χ1n) is 5.32. The number of hydrogen-bond acceptors (Lipinski definition) is 5. The van der Waals surface area contributed by atoms with Crippen LogP contribution >= 0.6 is 0 Å². The van der Waals surface area contributed by atoms with Gasteiger partial charge < -0.3 is 0 Å². The van der Waals surface area contributed by atoms with Crippen LogP contribution in [0.2, 0.25) is 0 Å². The van der Waals surface area contributed by atoms with Crippen molar-refractivity contribution in [3.05, 3.63) is 41.7 Å². The number of nitrogens with one attached hydrogen (secondary N) is 2. The second kappa shape index (κ2) is 5.82. The lowest BCUT2D eigenvalue weighted by molar-refractivity contribution is -0.122. The highest BCUT2D eigenvalue weighted by molar-refractivity contribution is 5.95. The number of hydrazine groups is 1. The molecule has 0 bridgehead atoms. The Balaban J connectivity index is 1.94. The average Bonchev–Trinajstić information content (AvgIpc) is 2.89. The lowest BCUT2D eigenvalue weighted by Gasteiger charge is -2.08. The van der Waals surface area contributed by atoms with E-state index in [9.17, 15) is 18.4 Å². The number of nitrogens with zero attached hydrogens (tertiary/aromatic N) is 4. The Morgan fingerprint density at radius 1 is 1.20 bits per heavy atom. The summed E-state index contributed by atoms with van der Waals surface area (Å²) >= 11 is 0. The fourth-order valence-electron chi connectivity index (χ4n) is 1.34. The van der Waals surface area contributed by atoms with Crippen LogP contribution in [-0.4, -0.2) is 32.0 Å². The van der Waals surface area contributed by atoms with Gasteiger partial charge in [-0.25, -0.2) is 13.5 Å². The van der Waals surface area contributed by atoms with E-state index in [1.807, 2.05) is 10.9 Å². The molecule has 0 unspecified atom stereocenters. The number of aromatic nitrogens is 4. The average molecular weight is 282 g/mol. The summed E-state index contributed by atoms with van der Waals surface area (Å²) in [6.07, 6.45) is 1.19. The van der Waals surface area contributed by atoms with Crippen molar-refractivity contribution >= 4 is 11.8 Å². The first-order valence-corrected chi connectivity index (χ1v) is 5.32. The van der Waals surface area contributed by atoms with Crippen molar-refractivity contribution < 1.29 is 18.4 Å². The van der Waals surface area contributed by atoms with Crippen molar-refractivity contribution in [1.29, 1.82) is 0 Å². The molecule has 0 radical (unpaired) electrons. The van der Waals surface area contributed by atoms with Gasteiger partial charge in [0.15, 0.2) is 0 Å². The van der Waals surface area contributed by atoms with Gasteiger partial charge in [-0.1, -0.05) is 6.07 Å². The van der Waals surface area contributed by atoms with Gasteiger partial charge in [0.05, 0.1) is 0 Å². The van der Waals surface area contributed by atoms with Crippen LogP contribution < -0.4 is 10.9 Å². The predicted octanol–water partition coefficient (Wildman–Crippen LogP) is -0.587.